The number of rotatable bonds is 7. The number of hydrogen-bond acceptors (Lipinski definition) is 2. The maximum Gasteiger partial charge on any atom is 0.0628 e. The zero-order chi connectivity index (χ0) is 14.4. The molecule has 0 amide bonds. The van der Waals surface area contributed by atoms with E-state index < -0.39 is 0 Å². The first kappa shape index (κ1) is 15.6. The van der Waals surface area contributed by atoms with Crippen LogP contribution in [-0.2, 0) is 6.42 Å². The van der Waals surface area contributed by atoms with Gasteiger partial charge in [0.15, 0.2) is 0 Å². The van der Waals surface area contributed by atoms with Crippen molar-refractivity contribution in [2.45, 2.75) is 65.3 Å². The predicted octanol–water partition coefficient (Wildman–Crippen LogP) is 3.81. The molecule has 1 fully saturated rings. The summed E-state index contributed by atoms with van der Waals surface area (Å²) < 4.78 is 2.24. The second kappa shape index (κ2) is 7.82. The van der Waals surface area contributed by atoms with E-state index in [1.54, 1.807) is 0 Å². The standard InChI is InChI=1S/C17H31N3/c1-4-18-13-15(14(2)3)12-16-10-11-20(19-16)17-8-6-5-7-9-17/h10-11,14-15,17-18H,4-9,12-13H2,1-3H3. The molecule has 0 spiro atoms. The maximum atomic E-state index is 4.85. The van der Waals surface area contributed by atoms with Crippen LogP contribution in [0, 0.1) is 11.8 Å². The lowest BCUT2D eigenvalue weighted by atomic mass is 9.91. The Morgan fingerprint density at radius 3 is 2.70 bits per heavy atom. The van der Waals surface area contributed by atoms with Crippen LogP contribution in [0.3, 0.4) is 0 Å². The van der Waals surface area contributed by atoms with Gasteiger partial charge in [-0.15, -0.1) is 0 Å². The molecule has 114 valence electrons. The van der Waals surface area contributed by atoms with Crippen molar-refractivity contribution in [1.82, 2.24) is 15.1 Å². The van der Waals surface area contributed by atoms with Gasteiger partial charge in [0.05, 0.1) is 11.7 Å². The molecule has 1 saturated carbocycles. The second-order valence-corrected chi connectivity index (χ2v) is 6.59. The van der Waals surface area contributed by atoms with Gasteiger partial charge < -0.3 is 5.32 Å². The number of nitrogens with zero attached hydrogens (tertiary/aromatic N) is 2. The molecule has 1 aliphatic rings. The zero-order valence-corrected chi connectivity index (χ0v) is 13.4. The molecular formula is C17H31N3. The molecule has 1 unspecified atom stereocenters. The molecule has 0 bridgehead atoms. The lowest BCUT2D eigenvalue weighted by molar-refractivity contribution is 0.323. The minimum atomic E-state index is 0.656. The Balaban J connectivity index is 1.93. The molecule has 1 atom stereocenters. The molecule has 0 radical (unpaired) electrons. The van der Waals surface area contributed by atoms with Gasteiger partial charge in [0.1, 0.15) is 0 Å². The molecule has 1 heterocycles. The van der Waals surface area contributed by atoms with Crippen LogP contribution in [0.1, 0.15) is 64.6 Å². The molecule has 2 rings (SSSR count). The Morgan fingerprint density at radius 2 is 2.05 bits per heavy atom. The minimum Gasteiger partial charge on any atom is -0.317 e. The van der Waals surface area contributed by atoms with Gasteiger partial charge in [0, 0.05) is 6.20 Å². The highest BCUT2D eigenvalue weighted by Gasteiger charge is 2.18. The van der Waals surface area contributed by atoms with Crippen molar-refractivity contribution in [2.75, 3.05) is 13.1 Å². The quantitative estimate of drug-likeness (QED) is 0.821. The first-order valence-corrected chi connectivity index (χ1v) is 8.45. The number of hydrogen-bond donors (Lipinski definition) is 1. The minimum absolute atomic E-state index is 0.656. The third-order valence-electron chi connectivity index (χ3n) is 4.68. The third-order valence-corrected chi connectivity index (χ3v) is 4.68. The lowest BCUT2D eigenvalue weighted by Crippen LogP contribution is -2.27. The molecule has 0 saturated heterocycles. The van der Waals surface area contributed by atoms with Crippen molar-refractivity contribution < 1.29 is 0 Å². The molecule has 3 nitrogen and oxygen atoms in total. The van der Waals surface area contributed by atoms with Crippen molar-refractivity contribution in [3.63, 3.8) is 0 Å². The fourth-order valence-corrected chi connectivity index (χ4v) is 3.18. The summed E-state index contributed by atoms with van der Waals surface area (Å²) in [4.78, 5) is 0. The van der Waals surface area contributed by atoms with Crippen molar-refractivity contribution in [1.29, 1.82) is 0 Å². The van der Waals surface area contributed by atoms with E-state index in [-0.39, 0.29) is 0 Å². The number of nitrogens with one attached hydrogen (secondary N) is 1. The molecule has 0 aromatic carbocycles. The van der Waals surface area contributed by atoms with E-state index in [1.165, 1.54) is 37.8 Å². The summed E-state index contributed by atoms with van der Waals surface area (Å²) in [6.45, 7) is 8.97. The highest BCUT2D eigenvalue weighted by atomic mass is 15.3. The summed E-state index contributed by atoms with van der Waals surface area (Å²) in [5, 5.41) is 8.34. The first-order valence-electron chi connectivity index (χ1n) is 8.45. The van der Waals surface area contributed by atoms with E-state index in [2.05, 4.69) is 43.0 Å². The molecule has 1 aliphatic carbocycles. The number of aromatic nitrogens is 2. The Bertz CT molecular complexity index is 377. The van der Waals surface area contributed by atoms with Crippen LogP contribution >= 0.6 is 0 Å². The van der Waals surface area contributed by atoms with E-state index in [1.807, 2.05) is 0 Å². The SMILES string of the molecule is CCNCC(Cc1ccn(C2CCCCC2)n1)C(C)C. The van der Waals surface area contributed by atoms with Crippen LogP contribution in [0.15, 0.2) is 12.3 Å². The summed E-state index contributed by atoms with van der Waals surface area (Å²) in [5.41, 5.74) is 1.27. The van der Waals surface area contributed by atoms with Gasteiger partial charge in [-0.1, -0.05) is 40.0 Å². The zero-order valence-electron chi connectivity index (χ0n) is 13.4. The van der Waals surface area contributed by atoms with Crippen LogP contribution in [0.4, 0.5) is 0 Å². The average Bonchev–Trinajstić information content (AvgIpc) is 2.92. The van der Waals surface area contributed by atoms with Crippen LogP contribution in [0.2, 0.25) is 0 Å². The van der Waals surface area contributed by atoms with Gasteiger partial charge >= 0.3 is 0 Å². The Morgan fingerprint density at radius 1 is 1.30 bits per heavy atom. The van der Waals surface area contributed by atoms with Crippen LogP contribution in [0.5, 0.6) is 0 Å². The Kier molecular flexibility index (Phi) is 6.08. The van der Waals surface area contributed by atoms with Crippen LogP contribution < -0.4 is 5.32 Å². The molecule has 1 aromatic heterocycles. The maximum absolute atomic E-state index is 4.85. The highest BCUT2D eigenvalue weighted by molar-refractivity contribution is 5.02. The van der Waals surface area contributed by atoms with Gasteiger partial charge in [-0.05, 0) is 50.3 Å². The fourth-order valence-electron chi connectivity index (χ4n) is 3.18. The van der Waals surface area contributed by atoms with Crippen molar-refractivity contribution in [2.24, 2.45) is 11.8 Å². The monoisotopic (exact) mass is 277 g/mol. The van der Waals surface area contributed by atoms with Crippen LogP contribution in [-0.4, -0.2) is 22.9 Å². The average molecular weight is 277 g/mol. The molecule has 3 heteroatoms. The first-order chi connectivity index (χ1) is 9.70. The third kappa shape index (κ3) is 4.34. The van der Waals surface area contributed by atoms with Crippen molar-refractivity contribution in [3.8, 4) is 0 Å². The summed E-state index contributed by atoms with van der Waals surface area (Å²) >= 11 is 0. The fraction of sp³-hybridized carbons (Fsp3) is 0.824. The lowest BCUT2D eigenvalue weighted by Gasteiger charge is -2.22. The molecule has 1 aromatic rings. The highest BCUT2D eigenvalue weighted by Crippen LogP contribution is 2.27. The molecular weight excluding hydrogens is 246 g/mol. The summed E-state index contributed by atoms with van der Waals surface area (Å²) in [6, 6.07) is 2.89. The van der Waals surface area contributed by atoms with Gasteiger partial charge in [0.2, 0.25) is 0 Å². The summed E-state index contributed by atoms with van der Waals surface area (Å²) in [6.07, 6.45) is 10.1. The molecule has 1 N–H and O–H groups in total. The molecule has 20 heavy (non-hydrogen) atoms. The smallest absolute Gasteiger partial charge is 0.0628 e. The Labute approximate surface area is 124 Å². The Hall–Kier alpha value is -0.830. The molecule has 0 aliphatic heterocycles. The van der Waals surface area contributed by atoms with E-state index in [9.17, 15) is 0 Å². The van der Waals surface area contributed by atoms with Crippen LogP contribution in [0.25, 0.3) is 0 Å². The van der Waals surface area contributed by atoms with Gasteiger partial charge in [-0.3, -0.25) is 4.68 Å². The van der Waals surface area contributed by atoms with Gasteiger partial charge in [0.25, 0.3) is 0 Å². The largest absolute Gasteiger partial charge is 0.317 e. The van der Waals surface area contributed by atoms with Gasteiger partial charge in [-0.2, -0.15) is 5.10 Å². The topological polar surface area (TPSA) is 29.9 Å². The summed E-state index contributed by atoms with van der Waals surface area (Å²) in [7, 11) is 0. The normalized spacial score (nSPS) is 18.6. The summed E-state index contributed by atoms with van der Waals surface area (Å²) in [5.74, 6) is 1.39. The van der Waals surface area contributed by atoms with Crippen molar-refractivity contribution in [3.05, 3.63) is 18.0 Å². The van der Waals surface area contributed by atoms with E-state index in [4.69, 9.17) is 5.10 Å². The second-order valence-electron chi connectivity index (χ2n) is 6.59. The predicted molar refractivity (Wildman–Crippen MR) is 84.9 cm³/mol. The van der Waals surface area contributed by atoms with Crippen molar-refractivity contribution >= 4 is 0 Å². The van der Waals surface area contributed by atoms with E-state index in [0.717, 1.165) is 19.5 Å². The van der Waals surface area contributed by atoms with Gasteiger partial charge in [-0.25, -0.2) is 0 Å². The van der Waals surface area contributed by atoms with E-state index in [0.29, 0.717) is 17.9 Å². The van der Waals surface area contributed by atoms with E-state index >= 15 is 0 Å².